The normalized spacial score (nSPS) is 18.0. The lowest BCUT2D eigenvalue weighted by atomic mass is 9.86. The van der Waals surface area contributed by atoms with Gasteiger partial charge in [-0.05, 0) is 47.4 Å². The lowest BCUT2D eigenvalue weighted by Gasteiger charge is -2.33. The molecule has 3 amide bonds. The quantitative estimate of drug-likeness (QED) is 0.348. The maximum atomic E-state index is 14.0. The van der Waals surface area contributed by atoms with Crippen molar-refractivity contribution in [3.63, 3.8) is 0 Å². The molecular formula is C28H28N4O3. The number of amides is 3. The van der Waals surface area contributed by atoms with Crippen LogP contribution < -0.4 is 4.74 Å². The molecule has 35 heavy (non-hydrogen) atoms. The van der Waals surface area contributed by atoms with Crippen LogP contribution in [0.2, 0.25) is 0 Å². The number of methoxy groups -OCH3 is 1. The number of hydrogen-bond donors (Lipinski definition) is 0. The van der Waals surface area contributed by atoms with Crippen molar-refractivity contribution in [1.29, 1.82) is 0 Å². The molecule has 0 radical (unpaired) electrons. The molecule has 1 saturated heterocycles. The molecule has 3 aromatic carbocycles. The Morgan fingerprint density at radius 1 is 0.943 bits per heavy atom. The maximum absolute atomic E-state index is 14.0. The van der Waals surface area contributed by atoms with Gasteiger partial charge in [-0.2, -0.15) is 0 Å². The Morgan fingerprint density at radius 2 is 1.71 bits per heavy atom. The fraction of sp³-hybridized carbons (Fsp3) is 0.250. The minimum absolute atomic E-state index is 0.196. The first-order valence-electron chi connectivity index (χ1n) is 11.7. The maximum Gasteiger partial charge on any atom is 0.328 e. The minimum Gasteiger partial charge on any atom is -0.497 e. The second-order valence-electron chi connectivity index (χ2n) is 8.93. The highest BCUT2D eigenvalue weighted by atomic mass is 16.5. The third kappa shape index (κ3) is 4.03. The van der Waals surface area contributed by atoms with Crippen LogP contribution in [0.25, 0.3) is 10.8 Å². The topological polar surface area (TPSA) is 67.7 Å². The molecule has 0 N–H and O–H groups in total. The van der Waals surface area contributed by atoms with Crippen molar-refractivity contribution in [3.8, 4) is 5.75 Å². The summed E-state index contributed by atoms with van der Waals surface area (Å²) in [5.41, 5.74) is 0.630. The predicted octanol–water partition coefficient (Wildman–Crippen LogP) is 4.81. The summed E-state index contributed by atoms with van der Waals surface area (Å²) in [4.78, 5) is 34.9. The largest absolute Gasteiger partial charge is 0.497 e. The molecule has 2 heterocycles. The summed E-state index contributed by atoms with van der Waals surface area (Å²) in [5, 5.41) is 2.01. The summed E-state index contributed by atoms with van der Waals surface area (Å²) < 4.78 is 7.23. The van der Waals surface area contributed by atoms with Crippen molar-refractivity contribution in [2.45, 2.75) is 32.0 Å². The van der Waals surface area contributed by atoms with Gasteiger partial charge in [0.1, 0.15) is 11.3 Å². The number of fused-ring (bicyclic) bond motifs is 1. The average Bonchev–Trinajstić information content (AvgIpc) is 3.47. The molecule has 178 valence electrons. The predicted molar refractivity (Wildman–Crippen MR) is 134 cm³/mol. The number of nitrogens with zero attached hydrogens (tertiary/aromatic N) is 4. The van der Waals surface area contributed by atoms with Gasteiger partial charge in [-0.3, -0.25) is 9.69 Å². The van der Waals surface area contributed by atoms with Gasteiger partial charge in [0, 0.05) is 32.0 Å². The van der Waals surface area contributed by atoms with E-state index in [1.165, 1.54) is 4.90 Å². The van der Waals surface area contributed by atoms with Crippen molar-refractivity contribution in [2.75, 3.05) is 13.7 Å². The molecule has 7 nitrogen and oxygen atoms in total. The third-order valence-electron chi connectivity index (χ3n) is 6.83. The van der Waals surface area contributed by atoms with Crippen LogP contribution in [0, 0.1) is 0 Å². The second-order valence-corrected chi connectivity index (χ2v) is 8.93. The highest BCUT2D eigenvalue weighted by Crippen LogP contribution is 2.41. The van der Waals surface area contributed by atoms with Crippen LogP contribution >= 0.6 is 0 Å². The number of imidazole rings is 1. The zero-order valence-corrected chi connectivity index (χ0v) is 19.9. The molecule has 1 aliphatic heterocycles. The summed E-state index contributed by atoms with van der Waals surface area (Å²) in [6.07, 6.45) is 5.99. The lowest BCUT2D eigenvalue weighted by Crippen LogP contribution is -2.44. The van der Waals surface area contributed by atoms with Crippen molar-refractivity contribution in [1.82, 2.24) is 19.4 Å². The number of aromatic nitrogens is 2. The van der Waals surface area contributed by atoms with Crippen LogP contribution in [-0.4, -0.2) is 44.9 Å². The molecule has 7 heteroatoms. The van der Waals surface area contributed by atoms with Crippen molar-refractivity contribution in [2.24, 2.45) is 0 Å². The zero-order valence-electron chi connectivity index (χ0n) is 19.9. The molecule has 1 atom stereocenters. The average molecular weight is 469 g/mol. The van der Waals surface area contributed by atoms with E-state index in [2.05, 4.69) is 4.98 Å². The van der Waals surface area contributed by atoms with Gasteiger partial charge in [-0.25, -0.2) is 9.78 Å². The second kappa shape index (κ2) is 9.25. The number of imide groups is 1. The number of rotatable bonds is 8. The first kappa shape index (κ1) is 22.7. The summed E-state index contributed by atoms with van der Waals surface area (Å²) in [7, 11) is 1.62. The van der Waals surface area contributed by atoms with E-state index in [-0.39, 0.29) is 11.9 Å². The van der Waals surface area contributed by atoms with Crippen LogP contribution in [0.15, 0.2) is 85.5 Å². The Balaban J connectivity index is 1.52. The van der Waals surface area contributed by atoms with Gasteiger partial charge in [0.15, 0.2) is 0 Å². The van der Waals surface area contributed by atoms with E-state index >= 15 is 0 Å². The van der Waals surface area contributed by atoms with E-state index in [0.29, 0.717) is 26.1 Å². The number of benzene rings is 3. The molecule has 0 aliphatic carbocycles. The van der Waals surface area contributed by atoms with Crippen LogP contribution in [0.5, 0.6) is 5.75 Å². The molecule has 0 bridgehead atoms. The SMILES string of the molecule is COc1ccc(CN2C(=O)N(CCCn3ccnc3)C(=O)C2(C)c2cccc3ccccc23)cc1. The van der Waals surface area contributed by atoms with Gasteiger partial charge >= 0.3 is 6.03 Å². The highest BCUT2D eigenvalue weighted by Gasteiger charge is 2.55. The van der Waals surface area contributed by atoms with Crippen LogP contribution in [-0.2, 0) is 23.4 Å². The molecule has 0 spiro atoms. The molecule has 1 unspecified atom stereocenters. The molecule has 4 aromatic rings. The number of urea groups is 1. The molecule has 1 fully saturated rings. The zero-order chi connectivity index (χ0) is 24.4. The fourth-order valence-electron chi connectivity index (χ4n) is 4.88. The number of aryl methyl sites for hydroxylation is 1. The highest BCUT2D eigenvalue weighted by molar-refractivity contribution is 6.09. The van der Waals surface area contributed by atoms with E-state index in [0.717, 1.165) is 27.6 Å². The Labute approximate surface area is 204 Å². The van der Waals surface area contributed by atoms with Crippen molar-refractivity contribution < 1.29 is 14.3 Å². The fourth-order valence-corrected chi connectivity index (χ4v) is 4.88. The number of carbonyl (C=O) groups is 2. The summed E-state index contributed by atoms with van der Waals surface area (Å²) in [5.74, 6) is 0.550. The van der Waals surface area contributed by atoms with Gasteiger partial charge in [0.2, 0.25) is 0 Å². The lowest BCUT2D eigenvalue weighted by molar-refractivity contribution is -0.133. The number of carbonyl (C=O) groups excluding carboxylic acids is 2. The Morgan fingerprint density at radius 3 is 2.46 bits per heavy atom. The van der Waals surface area contributed by atoms with Crippen LogP contribution in [0.4, 0.5) is 4.79 Å². The van der Waals surface area contributed by atoms with Gasteiger partial charge in [0.05, 0.1) is 13.4 Å². The van der Waals surface area contributed by atoms with Gasteiger partial charge < -0.3 is 14.2 Å². The van der Waals surface area contributed by atoms with Crippen LogP contribution in [0.1, 0.15) is 24.5 Å². The Kier molecular flexibility index (Phi) is 5.99. The first-order valence-corrected chi connectivity index (χ1v) is 11.7. The van der Waals surface area contributed by atoms with Gasteiger partial charge in [0.25, 0.3) is 5.91 Å². The standard InChI is InChI=1S/C28H28N4O3/c1-28(25-10-5-8-22-7-3-4-9-24(22)25)26(33)31(17-6-16-30-18-15-29-20-30)27(34)32(28)19-21-11-13-23(35-2)14-12-21/h3-5,7-15,18,20H,6,16-17,19H2,1-2H3. The van der Waals surface area contributed by atoms with Crippen molar-refractivity contribution >= 4 is 22.7 Å². The molecule has 0 saturated carbocycles. The molecule has 1 aliphatic rings. The van der Waals surface area contributed by atoms with E-state index < -0.39 is 5.54 Å². The number of ether oxygens (including phenoxy) is 1. The summed E-state index contributed by atoms with van der Waals surface area (Å²) in [6.45, 7) is 3.20. The molecule has 1 aromatic heterocycles. The smallest absolute Gasteiger partial charge is 0.328 e. The minimum atomic E-state index is -1.13. The Hall–Kier alpha value is -4.13. The van der Waals surface area contributed by atoms with E-state index in [1.54, 1.807) is 24.5 Å². The van der Waals surface area contributed by atoms with Crippen molar-refractivity contribution in [3.05, 3.63) is 96.6 Å². The Bertz CT molecular complexity index is 1350. The van der Waals surface area contributed by atoms with E-state index in [4.69, 9.17) is 4.74 Å². The van der Waals surface area contributed by atoms with Gasteiger partial charge in [-0.1, -0.05) is 54.6 Å². The van der Waals surface area contributed by atoms with E-state index in [1.807, 2.05) is 84.4 Å². The van der Waals surface area contributed by atoms with Gasteiger partial charge in [-0.15, -0.1) is 0 Å². The first-order chi connectivity index (χ1) is 17.0. The molecular weight excluding hydrogens is 440 g/mol. The molecule has 5 rings (SSSR count). The van der Waals surface area contributed by atoms with Crippen LogP contribution in [0.3, 0.4) is 0 Å². The summed E-state index contributed by atoms with van der Waals surface area (Å²) >= 11 is 0. The monoisotopic (exact) mass is 468 g/mol. The van der Waals surface area contributed by atoms with E-state index in [9.17, 15) is 9.59 Å². The number of hydrogen-bond acceptors (Lipinski definition) is 4. The summed E-state index contributed by atoms with van der Waals surface area (Å²) in [6, 6.07) is 21.3. The third-order valence-corrected chi connectivity index (χ3v) is 6.83.